The second-order valence-electron chi connectivity index (χ2n) is 14.3. The summed E-state index contributed by atoms with van der Waals surface area (Å²) >= 11 is 0. The first-order valence-corrected chi connectivity index (χ1v) is 13.4. The molecule has 6 rings (SSSR count). The molecule has 0 amide bonds. The quantitative estimate of drug-likeness (QED) is 0.217. The van der Waals surface area contributed by atoms with E-state index in [1.165, 1.54) is 0 Å². The zero-order valence-corrected chi connectivity index (χ0v) is 23.5. The van der Waals surface area contributed by atoms with Crippen LogP contribution >= 0.6 is 0 Å². The van der Waals surface area contributed by atoms with E-state index in [0.717, 1.165) is 71.6 Å². The minimum atomic E-state index is -0.840. The molecule has 3 N–H and O–H groups in total. The van der Waals surface area contributed by atoms with Crippen LogP contribution in [0.1, 0.15) is 113 Å². The van der Waals surface area contributed by atoms with E-state index in [1.807, 2.05) is 0 Å². The molecule has 0 aromatic heterocycles. The summed E-state index contributed by atoms with van der Waals surface area (Å²) < 4.78 is 0. The molecule has 3 nitrogen and oxygen atoms in total. The fourth-order valence-corrected chi connectivity index (χ4v) is 6.25. The molecule has 2 aliphatic rings. The van der Waals surface area contributed by atoms with Gasteiger partial charge in [-0.25, -0.2) is 0 Å². The molecule has 0 saturated heterocycles. The summed E-state index contributed by atoms with van der Waals surface area (Å²) in [6.07, 6.45) is -1.68. The number of benzene rings is 4. The molecule has 2 atom stereocenters. The smallest absolute Gasteiger partial charge is 0.131 e. The summed E-state index contributed by atoms with van der Waals surface area (Å²) in [6, 6.07) is 12.7. The highest BCUT2D eigenvalue weighted by atomic mass is 16.3. The second kappa shape index (κ2) is 7.15. The van der Waals surface area contributed by atoms with Crippen LogP contribution in [-0.4, -0.2) is 15.3 Å². The van der Waals surface area contributed by atoms with Crippen molar-refractivity contribution >= 4 is 21.5 Å². The van der Waals surface area contributed by atoms with Crippen LogP contribution in [0.15, 0.2) is 36.4 Å². The van der Waals surface area contributed by atoms with Crippen molar-refractivity contribution in [1.29, 1.82) is 0 Å². The standard InChI is InChI=1S/C34H38O3/c1-32(2,3)16-10-19-25-20(11-16)30(36)22-13-18(34(7,8)9)15-24-27(22)28(25)26-21(29(19)35)12-17(33(4,5)6)14-23(26)31(24)37/h10-15,29-30,35-37H,1-9H3. The van der Waals surface area contributed by atoms with Crippen LogP contribution in [0.5, 0.6) is 5.75 Å². The van der Waals surface area contributed by atoms with Gasteiger partial charge in [0.25, 0.3) is 0 Å². The molecular formula is C34H38O3. The molecule has 0 aliphatic heterocycles. The van der Waals surface area contributed by atoms with Gasteiger partial charge in [0.05, 0.1) is 0 Å². The van der Waals surface area contributed by atoms with Crippen molar-refractivity contribution in [3.8, 4) is 16.9 Å². The number of aliphatic hydroxyl groups excluding tert-OH is 2. The Bertz CT molecular complexity index is 1540. The fourth-order valence-electron chi connectivity index (χ4n) is 6.25. The number of aromatic hydroxyl groups is 1. The molecule has 0 fully saturated rings. The van der Waals surface area contributed by atoms with Gasteiger partial charge in [-0.2, -0.15) is 0 Å². The Morgan fingerprint density at radius 3 is 1.16 bits per heavy atom. The van der Waals surface area contributed by atoms with Crippen LogP contribution in [0.4, 0.5) is 0 Å². The molecule has 4 aromatic carbocycles. The Kier molecular flexibility index (Phi) is 4.73. The second-order valence-corrected chi connectivity index (χ2v) is 14.3. The molecule has 3 heteroatoms. The maximum absolute atomic E-state index is 11.9. The van der Waals surface area contributed by atoms with Crippen molar-refractivity contribution in [1.82, 2.24) is 0 Å². The van der Waals surface area contributed by atoms with Gasteiger partial charge in [0.1, 0.15) is 18.0 Å². The van der Waals surface area contributed by atoms with Crippen LogP contribution in [-0.2, 0) is 16.2 Å². The van der Waals surface area contributed by atoms with Crippen molar-refractivity contribution in [3.05, 3.63) is 75.3 Å². The molecule has 192 valence electrons. The lowest BCUT2D eigenvalue weighted by molar-refractivity contribution is 0.214. The Morgan fingerprint density at radius 1 is 0.486 bits per heavy atom. The lowest BCUT2D eigenvalue weighted by atomic mass is 9.68. The molecule has 0 saturated carbocycles. The highest BCUT2D eigenvalue weighted by Crippen LogP contribution is 2.58. The molecule has 2 aliphatic carbocycles. The predicted molar refractivity (Wildman–Crippen MR) is 153 cm³/mol. The highest BCUT2D eigenvalue weighted by molar-refractivity contribution is 6.22. The summed E-state index contributed by atoms with van der Waals surface area (Å²) in [5.41, 5.74) is 8.11. The third kappa shape index (κ3) is 3.26. The topological polar surface area (TPSA) is 60.7 Å². The molecule has 0 bridgehead atoms. The van der Waals surface area contributed by atoms with Gasteiger partial charge >= 0.3 is 0 Å². The largest absolute Gasteiger partial charge is 0.507 e. The third-order valence-corrected chi connectivity index (χ3v) is 8.57. The Balaban J connectivity index is 1.91. The summed E-state index contributed by atoms with van der Waals surface area (Å²) in [7, 11) is 0. The van der Waals surface area contributed by atoms with Crippen LogP contribution < -0.4 is 0 Å². The number of hydrogen-bond donors (Lipinski definition) is 3. The van der Waals surface area contributed by atoms with E-state index < -0.39 is 12.2 Å². The van der Waals surface area contributed by atoms with Gasteiger partial charge in [0, 0.05) is 21.5 Å². The van der Waals surface area contributed by atoms with Gasteiger partial charge in [-0.05, 0) is 78.4 Å². The monoisotopic (exact) mass is 494 g/mol. The lowest BCUT2D eigenvalue weighted by Crippen LogP contribution is -2.22. The normalized spacial score (nSPS) is 18.8. The van der Waals surface area contributed by atoms with E-state index in [4.69, 9.17) is 0 Å². The van der Waals surface area contributed by atoms with Gasteiger partial charge in [0.2, 0.25) is 0 Å². The summed E-state index contributed by atoms with van der Waals surface area (Å²) in [6.45, 7) is 19.5. The molecule has 37 heavy (non-hydrogen) atoms. The van der Waals surface area contributed by atoms with E-state index >= 15 is 0 Å². The van der Waals surface area contributed by atoms with E-state index in [-0.39, 0.29) is 22.0 Å². The number of hydrogen-bond acceptors (Lipinski definition) is 3. The third-order valence-electron chi connectivity index (χ3n) is 8.57. The summed E-state index contributed by atoms with van der Waals surface area (Å²) in [5, 5.41) is 38.9. The predicted octanol–water partition coefficient (Wildman–Crippen LogP) is 8.05. The minimum absolute atomic E-state index is 0.147. The Labute approximate surface area is 219 Å². The first kappa shape index (κ1) is 24.5. The average Bonchev–Trinajstić information content (AvgIpc) is 2.79. The van der Waals surface area contributed by atoms with Crippen molar-refractivity contribution in [3.63, 3.8) is 0 Å². The van der Waals surface area contributed by atoms with E-state index in [9.17, 15) is 15.3 Å². The molecule has 0 radical (unpaired) electrons. The van der Waals surface area contributed by atoms with Gasteiger partial charge in [-0.15, -0.1) is 0 Å². The molecule has 2 unspecified atom stereocenters. The highest BCUT2D eigenvalue weighted by Gasteiger charge is 2.39. The Hall–Kier alpha value is -2.88. The number of rotatable bonds is 0. The molecule has 0 heterocycles. The van der Waals surface area contributed by atoms with Gasteiger partial charge < -0.3 is 15.3 Å². The van der Waals surface area contributed by atoms with Gasteiger partial charge in [-0.1, -0.05) is 86.6 Å². The first-order valence-electron chi connectivity index (χ1n) is 13.4. The number of aliphatic hydroxyl groups is 2. The van der Waals surface area contributed by atoms with E-state index in [2.05, 4.69) is 98.7 Å². The van der Waals surface area contributed by atoms with Crippen LogP contribution in [0.25, 0.3) is 32.7 Å². The minimum Gasteiger partial charge on any atom is -0.507 e. The van der Waals surface area contributed by atoms with Crippen LogP contribution in [0, 0.1) is 0 Å². The lowest BCUT2D eigenvalue weighted by Gasteiger charge is -2.37. The van der Waals surface area contributed by atoms with Crippen LogP contribution in [0.2, 0.25) is 0 Å². The molecular weight excluding hydrogens is 456 g/mol. The maximum Gasteiger partial charge on any atom is 0.131 e. The zero-order valence-electron chi connectivity index (χ0n) is 23.5. The molecule has 4 aromatic rings. The van der Waals surface area contributed by atoms with E-state index in [1.54, 1.807) is 0 Å². The van der Waals surface area contributed by atoms with E-state index in [0.29, 0.717) is 0 Å². The van der Waals surface area contributed by atoms with Gasteiger partial charge in [0.15, 0.2) is 0 Å². The van der Waals surface area contributed by atoms with Crippen LogP contribution in [0.3, 0.4) is 0 Å². The summed E-state index contributed by atoms with van der Waals surface area (Å²) in [4.78, 5) is 0. The fraction of sp³-hybridized carbons (Fsp3) is 0.412. The maximum atomic E-state index is 11.9. The Morgan fingerprint density at radius 2 is 0.811 bits per heavy atom. The SMILES string of the molecule is CC(C)(C)c1cc2c3c(c1)C(O)c1cc(C(C)(C)C)cc4c(O)c5cc(C(C)(C)C)cc(c5c-3c14)C2O. The zero-order chi connectivity index (χ0) is 27.0. The van der Waals surface area contributed by atoms with Crippen molar-refractivity contribution in [2.45, 2.75) is 90.8 Å². The summed E-state index contributed by atoms with van der Waals surface area (Å²) in [5.74, 6) is 0.228. The number of phenols is 1. The molecule has 0 spiro atoms. The van der Waals surface area contributed by atoms with Crippen molar-refractivity contribution in [2.24, 2.45) is 0 Å². The van der Waals surface area contributed by atoms with Crippen molar-refractivity contribution < 1.29 is 15.3 Å². The van der Waals surface area contributed by atoms with Crippen molar-refractivity contribution in [2.75, 3.05) is 0 Å². The first-order chi connectivity index (χ1) is 17.0. The van der Waals surface area contributed by atoms with Gasteiger partial charge in [-0.3, -0.25) is 0 Å². The number of phenolic OH excluding ortho intramolecular Hbond substituents is 1. The average molecular weight is 495 g/mol.